The van der Waals surface area contributed by atoms with Crippen LogP contribution in [0.5, 0.6) is 0 Å². The van der Waals surface area contributed by atoms with Gasteiger partial charge >= 0.3 is 0 Å². The Morgan fingerprint density at radius 1 is 1.26 bits per heavy atom. The molecule has 3 aliphatic rings. The van der Waals surface area contributed by atoms with Crippen LogP contribution in [0.4, 0.5) is 4.39 Å². The largest absolute Gasteiger partial charge is 0.338 e. The molecule has 3 saturated heterocycles. The van der Waals surface area contributed by atoms with Gasteiger partial charge in [0.25, 0.3) is 5.91 Å². The van der Waals surface area contributed by atoms with Gasteiger partial charge in [-0.05, 0) is 56.8 Å². The van der Waals surface area contributed by atoms with Gasteiger partial charge in [0.2, 0.25) is 5.91 Å². The van der Waals surface area contributed by atoms with Crippen LogP contribution in [0, 0.1) is 11.2 Å². The number of hydrogen-bond acceptors (Lipinski definition) is 4. The van der Waals surface area contributed by atoms with E-state index in [-0.39, 0.29) is 22.9 Å². The van der Waals surface area contributed by atoms with E-state index in [4.69, 9.17) is 0 Å². The Morgan fingerprint density at radius 2 is 2.04 bits per heavy atom. The minimum Gasteiger partial charge on any atom is -0.338 e. The Morgan fingerprint density at radius 3 is 2.70 bits per heavy atom. The fraction of sp³-hybridized carbons (Fsp3) is 0.650. The van der Waals surface area contributed by atoms with Crippen molar-refractivity contribution in [3.63, 3.8) is 0 Å². The second-order valence-corrected chi connectivity index (χ2v) is 8.35. The molecule has 27 heavy (non-hydrogen) atoms. The number of piperidine rings is 2. The van der Waals surface area contributed by atoms with E-state index < -0.39 is 5.82 Å². The van der Waals surface area contributed by atoms with Crippen molar-refractivity contribution in [3.05, 3.63) is 29.8 Å². The lowest BCUT2D eigenvalue weighted by molar-refractivity contribution is -0.141. The van der Waals surface area contributed by atoms with Gasteiger partial charge in [0.1, 0.15) is 0 Å². The molecule has 0 bridgehead atoms. The smallest absolute Gasteiger partial charge is 0.275 e. The number of pyridine rings is 1. The number of rotatable bonds is 2. The predicted octanol–water partition coefficient (Wildman–Crippen LogP) is 1.77. The van der Waals surface area contributed by atoms with Crippen LogP contribution in [0.25, 0.3) is 0 Å². The van der Waals surface area contributed by atoms with Crippen molar-refractivity contribution < 1.29 is 14.0 Å². The zero-order chi connectivity index (χ0) is 19.0. The van der Waals surface area contributed by atoms with E-state index in [1.807, 2.05) is 0 Å². The van der Waals surface area contributed by atoms with Gasteiger partial charge in [-0.2, -0.15) is 0 Å². The molecule has 0 radical (unpaired) electrons. The quantitative estimate of drug-likeness (QED) is 0.792. The fourth-order valence-corrected chi connectivity index (χ4v) is 4.83. The van der Waals surface area contributed by atoms with Crippen molar-refractivity contribution in [1.82, 2.24) is 19.7 Å². The number of aromatic nitrogens is 1. The lowest BCUT2D eigenvalue weighted by Gasteiger charge is -2.48. The zero-order valence-electron chi connectivity index (χ0n) is 15.9. The van der Waals surface area contributed by atoms with Crippen LogP contribution in [-0.4, -0.2) is 77.3 Å². The zero-order valence-corrected chi connectivity index (χ0v) is 15.9. The summed E-state index contributed by atoms with van der Waals surface area (Å²) in [6.45, 7) is 3.98. The van der Waals surface area contributed by atoms with Gasteiger partial charge in [-0.15, -0.1) is 0 Å². The summed E-state index contributed by atoms with van der Waals surface area (Å²) in [5.74, 6) is -0.623. The van der Waals surface area contributed by atoms with Crippen LogP contribution in [0.2, 0.25) is 0 Å². The molecule has 0 N–H and O–H groups in total. The summed E-state index contributed by atoms with van der Waals surface area (Å²) in [6.07, 6.45) is 5.71. The van der Waals surface area contributed by atoms with Gasteiger partial charge in [-0.25, -0.2) is 9.37 Å². The molecule has 2 amide bonds. The van der Waals surface area contributed by atoms with Crippen LogP contribution in [0.3, 0.4) is 0 Å². The molecule has 3 fully saturated rings. The number of nitrogens with zero attached hydrogens (tertiary/aromatic N) is 4. The first kappa shape index (κ1) is 18.3. The van der Waals surface area contributed by atoms with Gasteiger partial charge in [0.05, 0.1) is 0 Å². The number of amides is 2. The second-order valence-electron chi connectivity index (χ2n) is 8.35. The van der Waals surface area contributed by atoms with Crippen molar-refractivity contribution in [2.75, 3.05) is 39.8 Å². The Bertz CT molecular complexity index is 732. The first-order valence-corrected chi connectivity index (χ1v) is 9.85. The molecule has 4 rings (SSSR count). The van der Waals surface area contributed by atoms with Crippen molar-refractivity contribution >= 4 is 11.8 Å². The van der Waals surface area contributed by atoms with Gasteiger partial charge < -0.3 is 14.7 Å². The van der Waals surface area contributed by atoms with Gasteiger partial charge in [0, 0.05) is 44.8 Å². The maximum absolute atomic E-state index is 13.9. The van der Waals surface area contributed by atoms with Crippen molar-refractivity contribution in [3.8, 4) is 0 Å². The second kappa shape index (κ2) is 7.19. The van der Waals surface area contributed by atoms with Gasteiger partial charge in [-0.3, -0.25) is 9.59 Å². The van der Waals surface area contributed by atoms with Crippen molar-refractivity contribution in [2.45, 2.75) is 38.1 Å². The molecule has 1 spiro atoms. The summed E-state index contributed by atoms with van der Waals surface area (Å²) >= 11 is 0. The maximum Gasteiger partial charge on any atom is 0.275 e. The summed E-state index contributed by atoms with van der Waals surface area (Å²) < 4.78 is 13.9. The highest BCUT2D eigenvalue weighted by molar-refractivity contribution is 5.92. The molecular weight excluding hydrogens is 347 g/mol. The average Bonchev–Trinajstić information content (AvgIpc) is 3.11. The van der Waals surface area contributed by atoms with E-state index in [2.05, 4.69) is 21.8 Å². The number of halogens is 1. The van der Waals surface area contributed by atoms with Crippen molar-refractivity contribution in [1.29, 1.82) is 0 Å². The molecule has 0 saturated carbocycles. The van der Waals surface area contributed by atoms with Crippen LogP contribution < -0.4 is 0 Å². The summed E-state index contributed by atoms with van der Waals surface area (Å²) in [5, 5.41) is 0. The third kappa shape index (κ3) is 3.57. The molecule has 7 heteroatoms. The van der Waals surface area contributed by atoms with E-state index in [0.29, 0.717) is 25.6 Å². The predicted molar refractivity (Wildman–Crippen MR) is 98.6 cm³/mol. The number of likely N-dealkylation sites (N-methyl/N-ethyl adjacent to an activating group) is 1. The Hall–Kier alpha value is -2.02. The standard InChI is InChI=1S/C20H27FN4O2/c1-23-10-5-15(13-23)25-14-20(6-4-17(25)26)7-11-24(12-8-20)19(27)18-16(21)3-2-9-22-18/h2-3,9,15H,4-8,10-14H2,1H3/t15-/m0/s1. The molecule has 4 heterocycles. The average molecular weight is 374 g/mol. The Balaban J connectivity index is 1.41. The van der Waals surface area contributed by atoms with Gasteiger partial charge in [-0.1, -0.05) is 0 Å². The molecule has 0 aromatic carbocycles. The summed E-state index contributed by atoms with van der Waals surface area (Å²) in [4.78, 5) is 35.1. The van der Waals surface area contributed by atoms with Crippen LogP contribution >= 0.6 is 0 Å². The maximum atomic E-state index is 13.9. The summed E-state index contributed by atoms with van der Waals surface area (Å²) in [7, 11) is 2.10. The first-order chi connectivity index (χ1) is 13.0. The third-order valence-corrected chi connectivity index (χ3v) is 6.57. The SMILES string of the molecule is CN1CC[C@H](N2CC3(CCC2=O)CCN(C(=O)c2ncccc2F)CC3)C1. The minimum absolute atomic E-state index is 0.0918. The van der Waals surface area contributed by atoms with Crippen LogP contribution in [0.1, 0.15) is 42.6 Å². The van der Waals surface area contributed by atoms with E-state index in [9.17, 15) is 14.0 Å². The number of carbonyl (C=O) groups excluding carboxylic acids is 2. The molecular formula is C20H27FN4O2. The summed E-state index contributed by atoms with van der Waals surface area (Å²) in [6, 6.07) is 3.09. The van der Waals surface area contributed by atoms with Gasteiger partial charge in [0.15, 0.2) is 11.5 Å². The van der Waals surface area contributed by atoms with Crippen LogP contribution in [0.15, 0.2) is 18.3 Å². The molecule has 0 aliphatic carbocycles. The molecule has 1 aromatic rings. The number of hydrogen-bond donors (Lipinski definition) is 0. The Kier molecular flexibility index (Phi) is 4.88. The van der Waals surface area contributed by atoms with E-state index >= 15 is 0 Å². The van der Waals surface area contributed by atoms with E-state index in [0.717, 1.165) is 45.3 Å². The lowest BCUT2D eigenvalue weighted by atomic mass is 9.72. The molecule has 6 nitrogen and oxygen atoms in total. The highest BCUT2D eigenvalue weighted by atomic mass is 19.1. The number of carbonyl (C=O) groups is 2. The normalized spacial score (nSPS) is 26.0. The highest BCUT2D eigenvalue weighted by Gasteiger charge is 2.44. The molecule has 1 atom stereocenters. The fourth-order valence-electron chi connectivity index (χ4n) is 4.83. The van der Waals surface area contributed by atoms with Crippen molar-refractivity contribution in [2.24, 2.45) is 5.41 Å². The summed E-state index contributed by atoms with van der Waals surface area (Å²) in [5.41, 5.74) is -0.00277. The lowest BCUT2D eigenvalue weighted by Crippen LogP contribution is -2.55. The van der Waals surface area contributed by atoms with Crippen LogP contribution in [-0.2, 0) is 4.79 Å². The molecule has 3 aliphatic heterocycles. The molecule has 1 aromatic heterocycles. The monoisotopic (exact) mass is 374 g/mol. The third-order valence-electron chi connectivity index (χ3n) is 6.57. The van der Waals surface area contributed by atoms with E-state index in [1.165, 1.54) is 18.3 Å². The molecule has 0 unspecified atom stereocenters. The first-order valence-electron chi connectivity index (χ1n) is 9.85. The van der Waals surface area contributed by atoms with E-state index in [1.54, 1.807) is 4.90 Å². The number of likely N-dealkylation sites (tertiary alicyclic amines) is 3. The highest BCUT2D eigenvalue weighted by Crippen LogP contribution is 2.41. The topological polar surface area (TPSA) is 56.8 Å². The minimum atomic E-state index is -0.567. The Labute approximate surface area is 159 Å². The molecule has 146 valence electrons.